The van der Waals surface area contributed by atoms with Gasteiger partial charge in [-0.25, -0.2) is 4.98 Å². The highest BCUT2D eigenvalue weighted by atomic mass is 16.2. The van der Waals surface area contributed by atoms with Crippen molar-refractivity contribution in [2.24, 2.45) is 5.92 Å². The van der Waals surface area contributed by atoms with Crippen molar-refractivity contribution >= 4 is 28.8 Å². The van der Waals surface area contributed by atoms with Crippen LogP contribution in [0, 0.1) is 5.92 Å². The van der Waals surface area contributed by atoms with E-state index in [1.165, 1.54) is 18.4 Å². The van der Waals surface area contributed by atoms with Crippen LogP contribution in [-0.4, -0.2) is 48.4 Å². The topological polar surface area (TPSA) is 110 Å². The number of nitrogens with zero attached hydrogens (tertiary/aromatic N) is 5. The Kier molecular flexibility index (Phi) is 6.57. The predicted molar refractivity (Wildman–Crippen MR) is 153 cm³/mol. The van der Waals surface area contributed by atoms with Crippen LogP contribution in [0.15, 0.2) is 61.1 Å². The number of rotatable bonds is 8. The van der Waals surface area contributed by atoms with E-state index in [1.807, 2.05) is 48.8 Å². The lowest BCUT2D eigenvalue weighted by Crippen LogP contribution is -2.52. The summed E-state index contributed by atoms with van der Waals surface area (Å²) in [5.74, 6) is -0.0195. The second-order valence-electron chi connectivity index (χ2n) is 11.6. The van der Waals surface area contributed by atoms with Crippen LogP contribution in [-0.2, 0) is 22.6 Å². The van der Waals surface area contributed by atoms with Gasteiger partial charge in [-0.1, -0.05) is 37.1 Å². The third kappa shape index (κ3) is 5.01. The molecular weight excluding hydrogens is 516 g/mol. The molecular formula is C32H32N6O3. The predicted octanol–water partition coefficient (Wildman–Crippen LogP) is 4.62. The van der Waals surface area contributed by atoms with Gasteiger partial charge in [0, 0.05) is 30.3 Å². The number of fused-ring (bicyclic) bond motifs is 2. The number of carbonyl (C=O) groups excluding carboxylic acids is 3. The van der Waals surface area contributed by atoms with E-state index in [1.54, 1.807) is 4.90 Å². The zero-order chi connectivity index (χ0) is 27.9. The Morgan fingerprint density at radius 3 is 2.68 bits per heavy atom. The minimum atomic E-state index is -0.567. The molecule has 2 aromatic heterocycles. The fourth-order valence-electron chi connectivity index (χ4n) is 6.46. The minimum Gasteiger partial charge on any atom is -0.322 e. The summed E-state index contributed by atoms with van der Waals surface area (Å²) in [4.78, 5) is 47.6. The van der Waals surface area contributed by atoms with Crippen LogP contribution in [0.1, 0.15) is 72.5 Å². The number of hydrogen-bond donors (Lipinski definition) is 1. The quantitative estimate of drug-likeness (QED) is 0.254. The first-order valence-electron chi connectivity index (χ1n) is 14.5. The molecule has 1 saturated carbocycles. The second-order valence-corrected chi connectivity index (χ2v) is 11.6. The number of carbonyl (C=O) groups is 3. The molecule has 4 heterocycles. The summed E-state index contributed by atoms with van der Waals surface area (Å²) in [7, 11) is 0. The van der Waals surface area contributed by atoms with Crippen LogP contribution in [0.4, 0.5) is 0 Å². The zero-order valence-electron chi connectivity index (χ0n) is 22.8. The maximum absolute atomic E-state index is 12.9. The molecule has 9 heteroatoms. The van der Waals surface area contributed by atoms with E-state index in [0.29, 0.717) is 24.6 Å². The number of para-hydroxylation sites is 2. The number of amides is 3. The lowest BCUT2D eigenvalue weighted by atomic mass is 9.77. The summed E-state index contributed by atoms with van der Waals surface area (Å²) < 4.78 is 2.09. The first-order chi connectivity index (χ1) is 20.0. The molecule has 1 aliphatic carbocycles. The van der Waals surface area contributed by atoms with Gasteiger partial charge in [-0.05, 0) is 67.3 Å². The van der Waals surface area contributed by atoms with Crippen LogP contribution >= 0.6 is 0 Å². The van der Waals surface area contributed by atoms with E-state index in [4.69, 9.17) is 4.98 Å². The summed E-state index contributed by atoms with van der Waals surface area (Å²) >= 11 is 0. The highest BCUT2D eigenvalue weighted by Gasteiger charge is 2.39. The number of piperidine rings is 1. The molecule has 4 aromatic rings. The van der Waals surface area contributed by atoms with Crippen molar-refractivity contribution in [3.63, 3.8) is 0 Å². The standard InChI is InChI=1S/C32H32N6O3/c39-30-12-11-29(31(40)36-30)37-18-22-13-20(9-10-25(22)32(37)41)5-1-2-6-21-14-24(15-21)38-19-23(16-34-38)28-17-33-26-7-3-4-8-27(26)35-28/h3-4,7-10,13,16-17,19,21,24,29H,1-2,5-6,11-12,14-15,18H2,(H,36,39,40). The van der Waals surface area contributed by atoms with Crippen LogP contribution in [0.5, 0.6) is 0 Å². The molecule has 1 N–H and O–H groups in total. The van der Waals surface area contributed by atoms with Crippen LogP contribution in [0.25, 0.3) is 22.3 Å². The number of hydrogen-bond acceptors (Lipinski definition) is 6. The Morgan fingerprint density at radius 2 is 1.83 bits per heavy atom. The van der Waals surface area contributed by atoms with E-state index in [-0.39, 0.29) is 24.1 Å². The molecule has 41 heavy (non-hydrogen) atoms. The van der Waals surface area contributed by atoms with Crippen LogP contribution in [0.2, 0.25) is 0 Å². The summed E-state index contributed by atoms with van der Waals surface area (Å²) in [6, 6.07) is 13.8. The van der Waals surface area contributed by atoms with E-state index in [0.717, 1.165) is 59.5 Å². The van der Waals surface area contributed by atoms with Crippen molar-refractivity contribution in [1.82, 2.24) is 30.0 Å². The molecule has 2 aliphatic heterocycles. The van der Waals surface area contributed by atoms with Gasteiger partial charge in [-0.2, -0.15) is 5.10 Å². The summed E-state index contributed by atoms with van der Waals surface area (Å²) in [5, 5.41) is 6.99. The van der Waals surface area contributed by atoms with Crippen molar-refractivity contribution in [3.8, 4) is 11.3 Å². The smallest absolute Gasteiger partial charge is 0.255 e. The minimum absolute atomic E-state index is 0.116. The lowest BCUT2D eigenvalue weighted by Gasteiger charge is -2.35. The molecule has 0 spiro atoms. The van der Waals surface area contributed by atoms with Crippen molar-refractivity contribution < 1.29 is 14.4 Å². The van der Waals surface area contributed by atoms with Gasteiger partial charge in [0.25, 0.3) is 5.91 Å². The Morgan fingerprint density at radius 1 is 0.976 bits per heavy atom. The number of nitrogens with one attached hydrogen (secondary N) is 1. The van der Waals surface area contributed by atoms with Crippen molar-refractivity contribution in [2.45, 2.75) is 70.0 Å². The fourth-order valence-corrected chi connectivity index (χ4v) is 6.46. The second kappa shape index (κ2) is 10.5. The average Bonchev–Trinajstić information content (AvgIpc) is 3.56. The van der Waals surface area contributed by atoms with Crippen molar-refractivity contribution in [2.75, 3.05) is 0 Å². The van der Waals surface area contributed by atoms with Gasteiger partial charge in [-0.3, -0.25) is 29.4 Å². The Labute approximate surface area is 238 Å². The Balaban J connectivity index is 0.871. The molecule has 1 unspecified atom stereocenters. The molecule has 2 fully saturated rings. The van der Waals surface area contributed by atoms with E-state index >= 15 is 0 Å². The summed E-state index contributed by atoms with van der Waals surface area (Å²) in [6.45, 7) is 0.431. The fraction of sp³-hybridized carbons (Fsp3) is 0.375. The average molecular weight is 549 g/mol. The van der Waals surface area contributed by atoms with Gasteiger partial charge >= 0.3 is 0 Å². The Hall–Kier alpha value is -4.40. The first kappa shape index (κ1) is 25.6. The number of imide groups is 1. The largest absolute Gasteiger partial charge is 0.322 e. The number of aromatic nitrogens is 4. The maximum atomic E-state index is 12.9. The van der Waals surface area contributed by atoms with E-state index in [9.17, 15) is 14.4 Å². The molecule has 3 aliphatic rings. The molecule has 1 atom stereocenters. The van der Waals surface area contributed by atoms with E-state index in [2.05, 4.69) is 32.3 Å². The molecule has 3 amide bonds. The third-order valence-corrected chi connectivity index (χ3v) is 8.85. The Bertz CT molecular complexity index is 1660. The van der Waals surface area contributed by atoms with Gasteiger partial charge in [0.1, 0.15) is 6.04 Å². The summed E-state index contributed by atoms with van der Waals surface area (Å²) in [5.41, 5.74) is 6.53. The maximum Gasteiger partial charge on any atom is 0.255 e. The van der Waals surface area contributed by atoms with Gasteiger partial charge in [-0.15, -0.1) is 0 Å². The third-order valence-electron chi connectivity index (χ3n) is 8.85. The summed E-state index contributed by atoms with van der Waals surface area (Å²) in [6.07, 6.45) is 13.2. The lowest BCUT2D eigenvalue weighted by molar-refractivity contribution is -0.136. The molecule has 1 saturated heterocycles. The van der Waals surface area contributed by atoms with Gasteiger partial charge in [0.15, 0.2) is 0 Å². The monoisotopic (exact) mass is 548 g/mol. The number of unbranched alkanes of at least 4 members (excludes halogenated alkanes) is 1. The molecule has 0 bridgehead atoms. The number of benzene rings is 2. The van der Waals surface area contributed by atoms with Crippen LogP contribution in [0.3, 0.4) is 0 Å². The highest BCUT2D eigenvalue weighted by Crippen LogP contribution is 2.41. The van der Waals surface area contributed by atoms with Gasteiger partial charge < -0.3 is 4.90 Å². The zero-order valence-corrected chi connectivity index (χ0v) is 22.8. The molecule has 7 rings (SSSR count). The SMILES string of the molecule is O=C1CCC(N2Cc3cc(CCCCC4CC(n5cc(-c6cnc7ccccc7n6)cn5)C4)ccc3C2=O)C(=O)N1. The van der Waals surface area contributed by atoms with Gasteiger partial charge in [0.05, 0.1) is 35.2 Å². The normalized spacial score (nSPS) is 22.1. The molecule has 2 aromatic carbocycles. The van der Waals surface area contributed by atoms with E-state index < -0.39 is 6.04 Å². The number of aryl methyl sites for hydroxylation is 1. The first-order valence-corrected chi connectivity index (χ1v) is 14.5. The molecule has 208 valence electrons. The van der Waals surface area contributed by atoms with Crippen LogP contribution < -0.4 is 5.32 Å². The molecule has 0 radical (unpaired) electrons. The molecule has 9 nitrogen and oxygen atoms in total. The van der Waals surface area contributed by atoms with Crippen molar-refractivity contribution in [3.05, 3.63) is 77.7 Å². The van der Waals surface area contributed by atoms with Crippen molar-refractivity contribution in [1.29, 1.82) is 0 Å². The highest BCUT2D eigenvalue weighted by molar-refractivity contribution is 6.05. The van der Waals surface area contributed by atoms with Gasteiger partial charge in [0.2, 0.25) is 11.8 Å².